The molecule has 7 rings (SSSR count). The Labute approximate surface area is 263 Å². The number of hydrogen-bond donors (Lipinski definition) is 0. The van der Waals surface area contributed by atoms with Crippen molar-refractivity contribution < 1.29 is 27.8 Å². The van der Waals surface area contributed by atoms with Crippen LogP contribution in [-0.4, -0.2) is 40.3 Å². The number of fused-ring (bicyclic) bond motifs is 2. The summed E-state index contributed by atoms with van der Waals surface area (Å²) >= 11 is 6.26. The fraction of sp³-hybridized carbons (Fsp3) is 0.229. The highest BCUT2D eigenvalue weighted by Crippen LogP contribution is 2.30. The minimum atomic E-state index is -0.423. The number of furan rings is 1. The van der Waals surface area contributed by atoms with Crippen LogP contribution in [-0.2, 0) is 29.0 Å². The zero-order valence-corrected chi connectivity index (χ0v) is 25.2. The van der Waals surface area contributed by atoms with Gasteiger partial charge in [0.15, 0.2) is 0 Å². The molecule has 3 aromatic heterocycles. The number of carbonyl (C=O) groups excluding carboxylic acids is 1. The van der Waals surface area contributed by atoms with Crippen LogP contribution in [0.4, 0.5) is 4.39 Å². The van der Waals surface area contributed by atoms with E-state index in [9.17, 15) is 4.79 Å². The number of methoxy groups -OCH3 is 1. The van der Waals surface area contributed by atoms with Crippen LogP contribution in [0.15, 0.2) is 83.5 Å². The van der Waals surface area contributed by atoms with Crippen LogP contribution >= 0.6 is 11.6 Å². The minimum absolute atomic E-state index is 0.0283. The molecule has 1 saturated heterocycles. The maximum absolute atomic E-state index is 15.6. The normalized spacial score (nSPS) is 14.8. The number of halogens is 2. The van der Waals surface area contributed by atoms with Gasteiger partial charge in [-0.05, 0) is 60.9 Å². The molecule has 0 spiro atoms. The van der Waals surface area contributed by atoms with Crippen molar-refractivity contribution in [3.8, 4) is 17.1 Å². The zero-order valence-electron chi connectivity index (χ0n) is 24.5. The molecule has 0 bridgehead atoms. The lowest BCUT2D eigenvalue weighted by Crippen LogP contribution is -2.17. The number of benzene rings is 3. The summed E-state index contributed by atoms with van der Waals surface area (Å²) < 4.78 is 40.1. The van der Waals surface area contributed by atoms with Gasteiger partial charge in [0.05, 0.1) is 53.3 Å². The van der Waals surface area contributed by atoms with Crippen LogP contribution in [0, 0.1) is 5.82 Å². The van der Waals surface area contributed by atoms with Crippen molar-refractivity contribution in [3.63, 3.8) is 0 Å². The molecule has 45 heavy (non-hydrogen) atoms. The van der Waals surface area contributed by atoms with Gasteiger partial charge in [0.2, 0.25) is 5.88 Å². The maximum atomic E-state index is 15.6. The molecule has 8 nitrogen and oxygen atoms in total. The largest absolute Gasteiger partial charge is 0.473 e. The number of nitrogens with zero attached hydrogens (tertiary/aromatic N) is 3. The van der Waals surface area contributed by atoms with Crippen molar-refractivity contribution in [2.24, 2.45) is 0 Å². The van der Waals surface area contributed by atoms with Crippen LogP contribution in [0.2, 0.25) is 5.02 Å². The predicted octanol–water partition coefficient (Wildman–Crippen LogP) is 7.77. The molecule has 4 heterocycles. The first-order valence-electron chi connectivity index (χ1n) is 14.7. The van der Waals surface area contributed by atoms with Gasteiger partial charge in [0.25, 0.3) is 0 Å². The van der Waals surface area contributed by atoms with Crippen LogP contribution in [0.1, 0.15) is 40.2 Å². The monoisotopic (exact) mass is 625 g/mol. The molecule has 1 aliphatic rings. The third-order valence-corrected chi connectivity index (χ3v) is 8.43. The van der Waals surface area contributed by atoms with Crippen LogP contribution in [0.3, 0.4) is 0 Å². The van der Waals surface area contributed by atoms with Crippen molar-refractivity contribution in [1.29, 1.82) is 0 Å². The van der Waals surface area contributed by atoms with E-state index in [1.165, 1.54) is 13.2 Å². The number of imidazole rings is 1. The summed E-state index contributed by atoms with van der Waals surface area (Å²) in [4.78, 5) is 21.7. The molecule has 0 radical (unpaired) electrons. The number of aromatic nitrogens is 3. The molecular weight excluding hydrogens is 597 g/mol. The Balaban J connectivity index is 1.13. The number of rotatable bonds is 9. The summed E-state index contributed by atoms with van der Waals surface area (Å²) in [7, 11) is 1.35. The molecule has 3 aromatic carbocycles. The van der Waals surface area contributed by atoms with E-state index in [0.29, 0.717) is 57.8 Å². The van der Waals surface area contributed by atoms with Gasteiger partial charge in [-0.25, -0.2) is 19.2 Å². The molecule has 1 atom stereocenters. The van der Waals surface area contributed by atoms with E-state index in [1.54, 1.807) is 36.6 Å². The maximum Gasteiger partial charge on any atom is 0.337 e. The summed E-state index contributed by atoms with van der Waals surface area (Å²) in [6.45, 7) is 1.51. The number of hydrogen-bond acceptors (Lipinski definition) is 7. The van der Waals surface area contributed by atoms with Crippen LogP contribution in [0.25, 0.3) is 33.3 Å². The predicted molar refractivity (Wildman–Crippen MR) is 168 cm³/mol. The van der Waals surface area contributed by atoms with Crippen molar-refractivity contribution in [1.82, 2.24) is 14.5 Å². The van der Waals surface area contributed by atoms with Crippen molar-refractivity contribution >= 4 is 39.6 Å². The van der Waals surface area contributed by atoms with Crippen molar-refractivity contribution in [3.05, 3.63) is 112 Å². The second-order valence-corrected chi connectivity index (χ2v) is 11.4. The highest BCUT2D eigenvalue weighted by molar-refractivity contribution is 6.35. The summed E-state index contributed by atoms with van der Waals surface area (Å²) in [6.07, 6.45) is 3.81. The molecule has 6 aromatic rings. The SMILES string of the molecule is COC(=O)c1ccc2nc(Cc3ccc(-c4cccc(OCc5ccc(Cl)c6ccoc56)n4)cc3F)n(C[C@@H]3CCCO3)c2c1. The Hall–Kier alpha value is -4.73. The lowest BCUT2D eigenvalue weighted by Gasteiger charge is -2.15. The van der Waals surface area contributed by atoms with Gasteiger partial charge < -0.3 is 23.2 Å². The molecule has 0 N–H and O–H groups in total. The summed E-state index contributed by atoms with van der Waals surface area (Å²) in [5.41, 5.74) is 5.15. The van der Waals surface area contributed by atoms with E-state index in [-0.39, 0.29) is 24.9 Å². The quantitative estimate of drug-likeness (QED) is 0.152. The van der Waals surface area contributed by atoms with Gasteiger partial charge in [-0.2, -0.15) is 0 Å². The molecule has 1 aliphatic heterocycles. The number of pyridine rings is 1. The highest BCUT2D eigenvalue weighted by atomic mass is 35.5. The van der Waals surface area contributed by atoms with Gasteiger partial charge >= 0.3 is 5.97 Å². The van der Waals surface area contributed by atoms with E-state index < -0.39 is 5.97 Å². The summed E-state index contributed by atoms with van der Waals surface area (Å²) in [5, 5.41) is 1.43. The molecular formula is C35H29ClFN3O5. The van der Waals surface area contributed by atoms with E-state index in [4.69, 9.17) is 35.2 Å². The zero-order chi connectivity index (χ0) is 30.9. The van der Waals surface area contributed by atoms with Gasteiger partial charge in [0, 0.05) is 35.6 Å². The lowest BCUT2D eigenvalue weighted by molar-refractivity contribution is 0.0601. The standard InChI is InChI=1S/C35H29ClFN3O5/c1-42-35(41)23-10-12-30-31(17-23)40(19-25-4-3-14-43-25)32(38-30)18-21-7-8-22(16-28(21)37)29-5-2-6-33(39-29)45-20-24-9-11-27(36)26-13-15-44-34(24)26/h2,5-13,15-17,25H,3-4,14,18-20H2,1H3/t25-/m0/s1. The smallest absolute Gasteiger partial charge is 0.337 e. The Kier molecular flexibility index (Phi) is 7.95. The average Bonchev–Trinajstić information content (AvgIpc) is 3.83. The molecule has 10 heteroatoms. The Morgan fingerprint density at radius 2 is 1.96 bits per heavy atom. The van der Waals surface area contributed by atoms with Crippen molar-refractivity contribution in [2.45, 2.75) is 38.5 Å². The minimum Gasteiger partial charge on any atom is -0.473 e. The first-order valence-corrected chi connectivity index (χ1v) is 15.1. The second kappa shape index (κ2) is 12.3. The van der Waals surface area contributed by atoms with E-state index >= 15 is 4.39 Å². The second-order valence-electron chi connectivity index (χ2n) is 11.0. The van der Waals surface area contributed by atoms with Gasteiger partial charge in [-0.15, -0.1) is 0 Å². The average molecular weight is 626 g/mol. The number of ether oxygens (including phenoxy) is 3. The third kappa shape index (κ3) is 5.89. The number of carbonyl (C=O) groups is 1. The summed E-state index contributed by atoms with van der Waals surface area (Å²) in [5.74, 6) is 0.303. The fourth-order valence-electron chi connectivity index (χ4n) is 5.77. The van der Waals surface area contributed by atoms with E-state index in [0.717, 1.165) is 34.8 Å². The fourth-order valence-corrected chi connectivity index (χ4v) is 5.99. The van der Waals surface area contributed by atoms with E-state index in [1.807, 2.05) is 41.0 Å². The topological polar surface area (TPSA) is 88.6 Å². The van der Waals surface area contributed by atoms with Gasteiger partial charge in [-0.3, -0.25) is 0 Å². The van der Waals surface area contributed by atoms with Gasteiger partial charge in [-0.1, -0.05) is 35.9 Å². The lowest BCUT2D eigenvalue weighted by atomic mass is 10.1. The molecule has 228 valence electrons. The number of esters is 1. The Bertz CT molecular complexity index is 2030. The first kappa shape index (κ1) is 29.0. The molecule has 0 unspecified atom stereocenters. The first-order chi connectivity index (χ1) is 22.0. The van der Waals surface area contributed by atoms with E-state index in [2.05, 4.69) is 4.98 Å². The summed E-state index contributed by atoms with van der Waals surface area (Å²) in [6, 6.07) is 21.2. The highest BCUT2D eigenvalue weighted by Gasteiger charge is 2.22. The van der Waals surface area contributed by atoms with Crippen LogP contribution in [0.5, 0.6) is 5.88 Å². The third-order valence-electron chi connectivity index (χ3n) is 8.10. The molecule has 0 aliphatic carbocycles. The molecule has 1 fully saturated rings. The Morgan fingerprint density at radius 3 is 2.78 bits per heavy atom. The molecule has 0 amide bonds. The van der Waals surface area contributed by atoms with Gasteiger partial charge in [0.1, 0.15) is 23.8 Å². The van der Waals surface area contributed by atoms with Crippen LogP contribution < -0.4 is 4.74 Å². The van der Waals surface area contributed by atoms with Crippen molar-refractivity contribution in [2.75, 3.05) is 13.7 Å². The molecule has 0 saturated carbocycles. The Morgan fingerprint density at radius 1 is 1.07 bits per heavy atom.